The lowest BCUT2D eigenvalue weighted by atomic mass is 9.55. The third-order valence-corrected chi connectivity index (χ3v) is 15.3. The molecule has 2 saturated carbocycles. The van der Waals surface area contributed by atoms with Crippen LogP contribution in [0.1, 0.15) is 106 Å². The number of carbonyl (C=O) groups excluding carboxylic acids is 1. The second-order valence-electron chi connectivity index (χ2n) is 19.6. The predicted octanol–water partition coefficient (Wildman–Crippen LogP) is 10.4. The van der Waals surface area contributed by atoms with Crippen molar-refractivity contribution in [1.82, 2.24) is 9.80 Å². The van der Waals surface area contributed by atoms with Crippen LogP contribution in [0.15, 0.2) is 120 Å². The highest BCUT2D eigenvalue weighted by Crippen LogP contribution is 2.62. The van der Waals surface area contributed by atoms with Crippen molar-refractivity contribution in [3.8, 4) is 11.5 Å². The van der Waals surface area contributed by atoms with Gasteiger partial charge in [-0.2, -0.15) is 0 Å². The van der Waals surface area contributed by atoms with E-state index in [1.165, 1.54) is 25.7 Å². The van der Waals surface area contributed by atoms with Gasteiger partial charge in [0.1, 0.15) is 30.8 Å². The molecule has 3 fully saturated rings. The van der Waals surface area contributed by atoms with Crippen LogP contribution in [0.4, 0.5) is 0 Å². The van der Waals surface area contributed by atoms with Crippen LogP contribution >= 0.6 is 0 Å². The number of rotatable bonds is 24. The zero-order valence-electron chi connectivity index (χ0n) is 39.3. The molecule has 2 N–H and O–H groups in total. The fourth-order valence-electron chi connectivity index (χ4n) is 11.8. The Kier molecular flexibility index (Phi) is 15.7. The zero-order valence-corrected chi connectivity index (χ0v) is 39.3. The number of aliphatic hydroxyl groups is 2. The van der Waals surface area contributed by atoms with Gasteiger partial charge in [-0.15, -0.1) is 6.58 Å². The average molecular weight is 910 g/mol. The van der Waals surface area contributed by atoms with E-state index in [1.807, 2.05) is 36.4 Å². The Morgan fingerprint density at radius 1 is 0.910 bits per heavy atom. The number of nitrogens with zero attached hydrogens (tertiary/aromatic N) is 3. The number of amides is 1. The molecule has 4 aromatic rings. The van der Waals surface area contributed by atoms with Gasteiger partial charge in [0.15, 0.2) is 0 Å². The van der Waals surface area contributed by atoms with E-state index in [-0.39, 0.29) is 43.5 Å². The summed E-state index contributed by atoms with van der Waals surface area (Å²) >= 11 is 0. The lowest BCUT2D eigenvalue weighted by Gasteiger charge is -2.60. The molecule has 2 heterocycles. The Bertz CT molecular complexity index is 2330. The topological polar surface area (TPSA) is 113 Å². The standard InChI is InChI=1S/C57H71N3O7/c1-2-34-65-57-53(60(54(63)28-25-41-15-6-7-16-41)39-45-22-14-21-43-19-8-9-23-47(43)45)38-51(58-66-40-42-17-4-3-5-18-42)49-36-44(20-10-12-32-61)48(24-11-13-33-62)55(56(49)57)50-37-46(26-27-52(50)67-57)64-35-31-59-29-30-59/h2-5,8-9,14,17-19,21-23,26-27,36-37,41,44,48,53,55-56,61-62H,1,6-7,10-13,15-16,20,24-25,28-35,38-40H2/t44-,48+,53-,55+,56+,57+/m0/s1. The van der Waals surface area contributed by atoms with Gasteiger partial charge in [0.25, 0.3) is 0 Å². The van der Waals surface area contributed by atoms with E-state index in [9.17, 15) is 10.2 Å². The van der Waals surface area contributed by atoms with Crippen molar-refractivity contribution in [3.63, 3.8) is 0 Å². The number of unbranched alkanes of at least 4 members (excludes halogenated alkanes) is 2. The van der Waals surface area contributed by atoms with Crippen molar-refractivity contribution in [2.24, 2.45) is 28.8 Å². The summed E-state index contributed by atoms with van der Waals surface area (Å²) in [6, 6.07) is 30.6. The minimum absolute atomic E-state index is 0.0849. The molecule has 1 amide bonds. The maximum Gasteiger partial charge on any atom is 0.239 e. The number of aliphatic hydroxyl groups excluding tert-OH is 2. The van der Waals surface area contributed by atoms with Crippen LogP contribution in [0.5, 0.6) is 11.5 Å². The molecule has 67 heavy (non-hydrogen) atoms. The van der Waals surface area contributed by atoms with Crippen molar-refractivity contribution >= 4 is 22.4 Å². The highest BCUT2D eigenvalue weighted by molar-refractivity contribution is 6.03. The fourth-order valence-corrected chi connectivity index (χ4v) is 11.8. The molecule has 9 rings (SSSR count). The van der Waals surface area contributed by atoms with E-state index in [1.54, 1.807) is 6.08 Å². The van der Waals surface area contributed by atoms with Crippen molar-refractivity contribution < 1.29 is 34.1 Å². The highest BCUT2D eigenvalue weighted by atomic mass is 16.7. The van der Waals surface area contributed by atoms with E-state index < -0.39 is 17.7 Å². The Labute approximate surface area is 397 Å². The van der Waals surface area contributed by atoms with Crippen molar-refractivity contribution in [2.75, 3.05) is 46.1 Å². The lowest BCUT2D eigenvalue weighted by Crippen LogP contribution is -2.70. The summed E-state index contributed by atoms with van der Waals surface area (Å²) in [4.78, 5) is 26.3. The van der Waals surface area contributed by atoms with Crippen LogP contribution < -0.4 is 9.47 Å². The van der Waals surface area contributed by atoms with Crippen molar-refractivity contribution in [3.05, 3.63) is 132 Å². The largest absolute Gasteiger partial charge is 0.492 e. The third kappa shape index (κ3) is 10.8. The van der Waals surface area contributed by atoms with Gasteiger partial charge in [0.2, 0.25) is 11.7 Å². The number of allylic oxidation sites excluding steroid dienone is 1. The number of ether oxygens (including phenoxy) is 3. The number of benzene rings is 4. The van der Waals surface area contributed by atoms with Crippen molar-refractivity contribution in [2.45, 2.75) is 114 Å². The first-order valence-electron chi connectivity index (χ1n) is 25.3. The molecule has 2 aliphatic heterocycles. The van der Waals surface area contributed by atoms with Crippen LogP contribution in [0.3, 0.4) is 0 Å². The number of oxime groups is 1. The molecule has 10 heteroatoms. The quantitative estimate of drug-likeness (QED) is 0.0309. The summed E-state index contributed by atoms with van der Waals surface area (Å²) in [7, 11) is 0. The maximum absolute atomic E-state index is 15.5. The highest BCUT2D eigenvalue weighted by Gasteiger charge is 2.65. The van der Waals surface area contributed by atoms with E-state index in [2.05, 4.69) is 77.1 Å². The molecule has 0 bridgehead atoms. The predicted molar refractivity (Wildman–Crippen MR) is 264 cm³/mol. The molecule has 4 aromatic carbocycles. The van der Waals surface area contributed by atoms with Gasteiger partial charge >= 0.3 is 0 Å². The molecule has 1 saturated heterocycles. The molecule has 0 unspecified atom stereocenters. The van der Waals surface area contributed by atoms with E-state index in [4.69, 9.17) is 24.2 Å². The molecule has 3 aliphatic carbocycles. The molecule has 10 nitrogen and oxygen atoms in total. The lowest BCUT2D eigenvalue weighted by molar-refractivity contribution is -0.258. The molecule has 6 atom stereocenters. The first-order valence-corrected chi connectivity index (χ1v) is 25.3. The molecule has 5 aliphatic rings. The Hall–Kier alpha value is -5.00. The first kappa shape index (κ1) is 47.1. The van der Waals surface area contributed by atoms with E-state index >= 15 is 4.79 Å². The SMILES string of the molecule is C=CCO[C@@]12Oc3ccc(OCCN4CC4)cc3[C@H]3[C@H](CCCCO)[C@@H](CCCCO)C=C(C(=NOCc4ccccc4)C[C@@H]1N(Cc1cccc4ccccc14)C(=O)CCC1CCCC1)[C@H]32. The van der Waals surface area contributed by atoms with Gasteiger partial charge in [-0.05, 0) is 95.5 Å². The normalized spacial score (nSPS) is 25.0. The third-order valence-electron chi connectivity index (χ3n) is 15.3. The van der Waals surface area contributed by atoms with Crippen molar-refractivity contribution in [1.29, 1.82) is 0 Å². The average Bonchev–Trinajstić information content (AvgIpc) is 4.03. The van der Waals surface area contributed by atoms with Crippen LogP contribution in [0, 0.1) is 23.7 Å². The molecular formula is C57H71N3O7. The maximum atomic E-state index is 15.5. The first-order chi connectivity index (χ1) is 33.0. The van der Waals surface area contributed by atoms with Gasteiger partial charge in [-0.3, -0.25) is 9.69 Å². The Morgan fingerprint density at radius 2 is 1.69 bits per heavy atom. The van der Waals surface area contributed by atoms with Crippen LogP contribution in [0.2, 0.25) is 0 Å². The smallest absolute Gasteiger partial charge is 0.239 e. The number of hydrogen-bond donors (Lipinski definition) is 2. The second kappa shape index (κ2) is 22.4. The summed E-state index contributed by atoms with van der Waals surface area (Å²) in [5, 5.41) is 27.5. The van der Waals surface area contributed by atoms with Crippen LogP contribution in [0.25, 0.3) is 10.8 Å². The van der Waals surface area contributed by atoms with E-state index in [0.717, 1.165) is 102 Å². The van der Waals surface area contributed by atoms with Gasteiger partial charge in [-0.25, -0.2) is 0 Å². The summed E-state index contributed by atoms with van der Waals surface area (Å²) < 4.78 is 21.4. The second-order valence-corrected chi connectivity index (χ2v) is 19.6. The minimum Gasteiger partial charge on any atom is -0.492 e. The number of hydrogen-bond acceptors (Lipinski definition) is 9. The summed E-state index contributed by atoms with van der Waals surface area (Å²) in [6.45, 7) is 9.00. The molecule has 0 aromatic heterocycles. The fraction of sp³-hybridized carbons (Fsp3) is 0.509. The zero-order chi connectivity index (χ0) is 46.0. The number of fused-ring (bicyclic) bond motifs is 3. The summed E-state index contributed by atoms with van der Waals surface area (Å²) in [6.07, 6.45) is 15.5. The summed E-state index contributed by atoms with van der Waals surface area (Å²) in [5.41, 5.74) is 4.99. The van der Waals surface area contributed by atoms with Gasteiger partial charge < -0.3 is 34.2 Å². The monoisotopic (exact) mass is 910 g/mol. The van der Waals surface area contributed by atoms with Gasteiger partial charge in [0.05, 0.1) is 18.2 Å². The van der Waals surface area contributed by atoms with Gasteiger partial charge in [0, 0.05) is 63.7 Å². The molecule has 0 spiro atoms. The molecule has 0 radical (unpaired) electrons. The summed E-state index contributed by atoms with van der Waals surface area (Å²) in [5.74, 6) is 0.563. The number of carbonyl (C=O) groups is 1. The minimum atomic E-state index is -1.34. The van der Waals surface area contributed by atoms with E-state index in [0.29, 0.717) is 51.4 Å². The van der Waals surface area contributed by atoms with Crippen LogP contribution in [-0.2, 0) is 27.5 Å². The molecule has 356 valence electrons. The Balaban J connectivity index is 1.22. The molecular weight excluding hydrogens is 839 g/mol. The Morgan fingerprint density at radius 3 is 2.48 bits per heavy atom. The van der Waals surface area contributed by atoms with Crippen LogP contribution in [-0.4, -0.2) is 89.5 Å². The van der Waals surface area contributed by atoms with Gasteiger partial charge in [-0.1, -0.05) is 129 Å².